The lowest BCUT2D eigenvalue weighted by Gasteiger charge is -2.45. The van der Waals surface area contributed by atoms with Crippen LogP contribution in [0.1, 0.15) is 20.8 Å². The standard InChI is InChI=1S/C15H25N3O6/c1-6-7(2)14(22-9(4-19)12(6)20)24-13-8(3)11(17-18-16)15-21-5-10(13)23-15/h6-15,19-20H,4-5H2,1-3H3/t6-,7?,8-,9+,10?,11?,12+,13+,14+,15-/m1/s1. The minimum absolute atomic E-state index is 0.0621. The quantitative estimate of drug-likeness (QED) is 0.441. The van der Waals surface area contributed by atoms with E-state index in [9.17, 15) is 10.2 Å². The number of nitrogens with zero attached hydrogens (tertiary/aromatic N) is 3. The van der Waals surface area contributed by atoms with Gasteiger partial charge in [0.2, 0.25) is 0 Å². The molecular weight excluding hydrogens is 318 g/mol. The summed E-state index contributed by atoms with van der Waals surface area (Å²) in [6, 6.07) is -0.464. The lowest BCUT2D eigenvalue weighted by Crippen LogP contribution is -2.56. The second-order valence-electron chi connectivity index (χ2n) is 6.97. The second kappa shape index (κ2) is 7.13. The van der Waals surface area contributed by atoms with Crippen LogP contribution in [0, 0.1) is 17.8 Å². The maximum atomic E-state index is 10.2. The summed E-state index contributed by atoms with van der Waals surface area (Å²) in [5, 5.41) is 23.4. The molecule has 0 radical (unpaired) electrons. The van der Waals surface area contributed by atoms with E-state index in [2.05, 4.69) is 10.0 Å². The maximum absolute atomic E-state index is 10.2. The minimum atomic E-state index is -0.736. The average Bonchev–Trinajstić information content (AvgIpc) is 3.01. The smallest absolute Gasteiger partial charge is 0.167 e. The van der Waals surface area contributed by atoms with E-state index in [-0.39, 0.29) is 36.6 Å². The molecule has 3 rings (SSSR count). The van der Waals surface area contributed by atoms with Crippen molar-refractivity contribution in [2.75, 3.05) is 13.2 Å². The van der Waals surface area contributed by atoms with Gasteiger partial charge < -0.3 is 29.2 Å². The number of aliphatic hydroxyl groups excluding tert-OH is 2. The molecule has 10 atom stereocenters. The fourth-order valence-electron chi connectivity index (χ4n) is 3.74. The van der Waals surface area contributed by atoms with E-state index in [1.165, 1.54) is 0 Å². The van der Waals surface area contributed by atoms with E-state index in [1.807, 2.05) is 20.8 Å². The van der Waals surface area contributed by atoms with E-state index in [0.29, 0.717) is 6.61 Å². The lowest BCUT2D eigenvalue weighted by atomic mass is 9.84. The van der Waals surface area contributed by atoms with Crippen LogP contribution in [0.25, 0.3) is 10.4 Å². The van der Waals surface area contributed by atoms with Crippen molar-refractivity contribution in [1.82, 2.24) is 0 Å². The van der Waals surface area contributed by atoms with E-state index in [1.54, 1.807) is 0 Å². The zero-order valence-electron chi connectivity index (χ0n) is 14.1. The highest BCUT2D eigenvalue weighted by Crippen LogP contribution is 2.39. The van der Waals surface area contributed by atoms with E-state index < -0.39 is 30.8 Å². The highest BCUT2D eigenvalue weighted by molar-refractivity contribution is 4.96. The van der Waals surface area contributed by atoms with Gasteiger partial charge in [0, 0.05) is 10.8 Å². The average molecular weight is 343 g/mol. The highest BCUT2D eigenvalue weighted by Gasteiger charge is 2.51. The molecule has 2 bridgehead atoms. The third-order valence-electron chi connectivity index (χ3n) is 5.58. The minimum Gasteiger partial charge on any atom is -0.394 e. The third kappa shape index (κ3) is 3.01. The van der Waals surface area contributed by atoms with Crippen molar-refractivity contribution in [2.24, 2.45) is 22.9 Å². The Morgan fingerprint density at radius 1 is 1.21 bits per heavy atom. The van der Waals surface area contributed by atoms with Crippen LogP contribution in [0.15, 0.2) is 5.11 Å². The van der Waals surface area contributed by atoms with Gasteiger partial charge in [-0.15, -0.1) is 0 Å². The van der Waals surface area contributed by atoms with Gasteiger partial charge in [-0.05, 0) is 17.4 Å². The Bertz CT molecular complexity index is 500. The van der Waals surface area contributed by atoms with Gasteiger partial charge in [-0.1, -0.05) is 25.9 Å². The topological polar surface area (TPSA) is 126 Å². The molecule has 3 aliphatic heterocycles. The fourth-order valence-corrected chi connectivity index (χ4v) is 3.74. The van der Waals surface area contributed by atoms with E-state index in [4.69, 9.17) is 24.5 Å². The molecule has 9 nitrogen and oxygen atoms in total. The summed E-state index contributed by atoms with van der Waals surface area (Å²) in [6.07, 6.45) is -3.13. The molecule has 3 saturated heterocycles. The van der Waals surface area contributed by atoms with Crippen LogP contribution >= 0.6 is 0 Å². The molecule has 0 aliphatic carbocycles. The zero-order chi connectivity index (χ0) is 17.4. The van der Waals surface area contributed by atoms with Crippen LogP contribution in [-0.4, -0.2) is 66.5 Å². The first-order valence-corrected chi connectivity index (χ1v) is 8.39. The van der Waals surface area contributed by atoms with Crippen molar-refractivity contribution in [1.29, 1.82) is 0 Å². The lowest BCUT2D eigenvalue weighted by molar-refractivity contribution is -0.303. The van der Waals surface area contributed by atoms with Crippen LogP contribution in [-0.2, 0) is 18.9 Å². The summed E-state index contributed by atoms with van der Waals surface area (Å²) in [7, 11) is 0. The summed E-state index contributed by atoms with van der Waals surface area (Å²) in [6.45, 7) is 5.90. The Morgan fingerprint density at radius 2 is 1.96 bits per heavy atom. The summed E-state index contributed by atoms with van der Waals surface area (Å²) in [5.41, 5.74) is 8.77. The molecule has 0 aromatic rings. The van der Waals surface area contributed by atoms with Crippen molar-refractivity contribution in [3.05, 3.63) is 10.4 Å². The molecule has 3 unspecified atom stereocenters. The molecule has 0 saturated carbocycles. The first-order valence-electron chi connectivity index (χ1n) is 8.39. The number of hydrogen-bond donors (Lipinski definition) is 2. The molecule has 9 heteroatoms. The van der Waals surface area contributed by atoms with Gasteiger partial charge in [-0.2, -0.15) is 0 Å². The monoisotopic (exact) mass is 343 g/mol. The molecule has 0 aromatic heterocycles. The van der Waals surface area contributed by atoms with Gasteiger partial charge in [-0.25, -0.2) is 0 Å². The van der Waals surface area contributed by atoms with Gasteiger partial charge in [0.05, 0.1) is 31.5 Å². The predicted octanol–water partition coefficient (Wildman–Crippen LogP) is 0.792. The Balaban J connectivity index is 1.75. The van der Waals surface area contributed by atoms with Crippen molar-refractivity contribution in [2.45, 2.75) is 63.8 Å². The number of aliphatic hydroxyl groups is 2. The van der Waals surface area contributed by atoms with Gasteiger partial charge in [-0.3, -0.25) is 0 Å². The molecule has 3 aliphatic rings. The van der Waals surface area contributed by atoms with Crippen molar-refractivity contribution in [3.8, 4) is 0 Å². The van der Waals surface area contributed by atoms with Crippen molar-refractivity contribution >= 4 is 0 Å². The Morgan fingerprint density at radius 3 is 2.62 bits per heavy atom. The summed E-state index contributed by atoms with van der Waals surface area (Å²) in [4.78, 5) is 2.88. The molecule has 0 aromatic carbocycles. The molecule has 136 valence electrons. The van der Waals surface area contributed by atoms with Crippen LogP contribution in [0.5, 0.6) is 0 Å². The second-order valence-corrected chi connectivity index (χ2v) is 6.97. The van der Waals surface area contributed by atoms with Crippen LogP contribution in [0.4, 0.5) is 0 Å². The summed E-state index contributed by atoms with van der Waals surface area (Å²) >= 11 is 0. The molecule has 3 heterocycles. The highest BCUT2D eigenvalue weighted by atomic mass is 16.8. The molecular formula is C15H25N3O6. The van der Waals surface area contributed by atoms with Gasteiger partial charge in [0.15, 0.2) is 12.6 Å². The van der Waals surface area contributed by atoms with Crippen molar-refractivity contribution in [3.63, 3.8) is 0 Å². The fraction of sp³-hybridized carbons (Fsp3) is 1.00. The van der Waals surface area contributed by atoms with Gasteiger partial charge in [0.1, 0.15) is 12.2 Å². The molecule has 0 amide bonds. The van der Waals surface area contributed by atoms with Crippen LogP contribution in [0.3, 0.4) is 0 Å². The Hall–Kier alpha value is -0.930. The third-order valence-corrected chi connectivity index (χ3v) is 5.58. The summed E-state index contributed by atoms with van der Waals surface area (Å²) in [5.74, 6) is -0.244. The SMILES string of the molecule is CC1[C@H](O[C@@H]2C3CO[C@H](O3)C(N=[N+]=[N-])[C@H]2C)O[C@@H](CO)[C@@H](O)[C@@H]1C. The zero-order valence-corrected chi connectivity index (χ0v) is 14.1. The number of hydrogen-bond acceptors (Lipinski definition) is 7. The maximum Gasteiger partial charge on any atom is 0.167 e. The molecule has 3 fully saturated rings. The van der Waals surface area contributed by atoms with Gasteiger partial charge in [0.25, 0.3) is 0 Å². The molecule has 0 spiro atoms. The van der Waals surface area contributed by atoms with Crippen LogP contribution in [0.2, 0.25) is 0 Å². The summed E-state index contributed by atoms with van der Waals surface area (Å²) < 4.78 is 23.3. The van der Waals surface area contributed by atoms with E-state index >= 15 is 0 Å². The van der Waals surface area contributed by atoms with E-state index in [0.717, 1.165) is 0 Å². The Labute approximate surface area is 140 Å². The first-order chi connectivity index (χ1) is 11.5. The molecule has 24 heavy (non-hydrogen) atoms. The molecule has 2 N–H and O–H groups in total. The number of ether oxygens (including phenoxy) is 4. The Kier molecular flexibility index (Phi) is 5.31. The first kappa shape index (κ1) is 17.9. The van der Waals surface area contributed by atoms with Crippen LogP contribution < -0.4 is 0 Å². The number of fused-ring (bicyclic) bond motifs is 2. The normalized spacial score (nSPS) is 51.2. The predicted molar refractivity (Wildman–Crippen MR) is 81.7 cm³/mol. The van der Waals surface area contributed by atoms with Gasteiger partial charge >= 0.3 is 0 Å². The number of rotatable bonds is 4. The van der Waals surface area contributed by atoms with Crippen molar-refractivity contribution < 1.29 is 29.2 Å². The largest absolute Gasteiger partial charge is 0.394 e. The number of azide groups is 1.